The predicted octanol–water partition coefficient (Wildman–Crippen LogP) is 1.05. The highest BCUT2D eigenvalue weighted by Crippen LogP contribution is 2.27. The fraction of sp³-hybridized carbons (Fsp3) is 0.368. The third-order valence-electron chi connectivity index (χ3n) is 4.85. The number of sulfone groups is 1. The number of nitrogens with zero attached hydrogens (tertiary/aromatic N) is 6. The van der Waals surface area contributed by atoms with Gasteiger partial charge in [0.05, 0.1) is 38.0 Å². The number of ether oxygens (including phenoxy) is 2. The third-order valence-corrected chi connectivity index (χ3v) is 6.30. The molecule has 0 aliphatic carbocycles. The number of aromatic nitrogens is 4. The quantitative estimate of drug-likeness (QED) is 0.549. The Labute approximate surface area is 173 Å². The number of nitriles is 1. The van der Waals surface area contributed by atoms with Crippen LogP contribution in [0.1, 0.15) is 11.1 Å². The lowest BCUT2D eigenvalue weighted by Gasteiger charge is -2.28. The number of hydrogen-bond donors (Lipinski definition) is 0. The molecule has 11 heteroatoms. The molecule has 0 bridgehead atoms. The molecule has 10 nitrogen and oxygen atoms in total. The first-order valence-electron chi connectivity index (χ1n) is 9.24. The van der Waals surface area contributed by atoms with E-state index in [1.54, 1.807) is 30.1 Å². The van der Waals surface area contributed by atoms with Gasteiger partial charge in [0.15, 0.2) is 17.0 Å². The molecule has 4 rings (SSSR count). The van der Waals surface area contributed by atoms with Gasteiger partial charge >= 0.3 is 0 Å². The molecule has 1 aliphatic heterocycles. The van der Waals surface area contributed by atoms with Crippen LogP contribution in [0.2, 0.25) is 0 Å². The van der Waals surface area contributed by atoms with E-state index in [2.05, 4.69) is 15.0 Å². The summed E-state index contributed by atoms with van der Waals surface area (Å²) in [6.07, 6.45) is 1.59. The van der Waals surface area contributed by atoms with Gasteiger partial charge in [-0.15, -0.1) is 0 Å². The molecule has 0 N–H and O–H groups in total. The van der Waals surface area contributed by atoms with Crippen molar-refractivity contribution in [3.05, 3.63) is 35.7 Å². The minimum absolute atomic E-state index is 0.266. The van der Waals surface area contributed by atoms with Crippen molar-refractivity contribution in [2.45, 2.75) is 10.9 Å². The summed E-state index contributed by atoms with van der Waals surface area (Å²) in [5, 5.41) is 9.00. The van der Waals surface area contributed by atoms with Gasteiger partial charge in [0.2, 0.25) is 9.84 Å². The first-order chi connectivity index (χ1) is 14.4. The lowest BCUT2D eigenvalue weighted by molar-refractivity contribution is 0.122. The number of morpholine rings is 1. The van der Waals surface area contributed by atoms with Crippen LogP contribution >= 0.6 is 0 Å². The monoisotopic (exact) mass is 428 g/mol. The van der Waals surface area contributed by atoms with Gasteiger partial charge < -0.3 is 18.9 Å². The van der Waals surface area contributed by atoms with Gasteiger partial charge in [-0.25, -0.2) is 13.4 Å². The zero-order valence-corrected chi connectivity index (χ0v) is 17.4. The molecule has 0 spiro atoms. The molecule has 0 unspecified atom stereocenters. The number of hydrogen-bond acceptors (Lipinski definition) is 9. The maximum Gasteiger partial charge on any atom is 0.251 e. The van der Waals surface area contributed by atoms with E-state index >= 15 is 0 Å². The summed E-state index contributed by atoms with van der Waals surface area (Å²) in [4.78, 5) is 15.0. The normalized spacial score (nSPS) is 14.6. The molecule has 156 valence electrons. The molecule has 0 amide bonds. The van der Waals surface area contributed by atoms with Crippen molar-refractivity contribution in [2.24, 2.45) is 7.05 Å². The predicted molar refractivity (Wildman–Crippen MR) is 108 cm³/mol. The molecule has 0 radical (unpaired) electrons. The van der Waals surface area contributed by atoms with Crippen LogP contribution in [0.15, 0.2) is 29.7 Å². The molecule has 3 heterocycles. The Balaban J connectivity index is 1.76. The number of fused-ring (bicyclic) bond motifs is 1. The van der Waals surface area contributed by atoms with Gasteiger partial charge in [-0.3, -0.25) is 0 Å². The van der Waals surface area contributed by atoms with Crippen LogP contribution in [0.25, 0.3) is 11.2 Å². The van der Waals surface area contributed by atoms with Crippen molar-refractivity contribution in [3.8, 4) is 11.8 Å². The van der Waals surface area contributed by atoms with E-state index in [4.69, 9.17) is 9.47 Å². The number of methoxy groups -OCH3 is 1. The fourth-order valence-electron chi connectivity index (χ4n) is 3.32. The Bertz CT molecular complexity index is 1240. The maximum atomic E-state index is 13.2. The molecular weight excluding hydrogens is 408 g/mol. The van der Waals surface area contributed by atoms with Crippen molar-refractivity contribution in [3.63, 3.8) is 0 Å². The Kier molecular flexibility index (Phi) is 5.27. The van der Waals surface area contributed by atoms with Gasteiger partial charge in [-0.05, 0) is 17.7 Å². The Morgan fingerprint density at radius 2 is 2.03 bits per heavy atom. The van der Waals surface area contributed by atoms with Crippen molar-refractivity contribution in [2.75, 3.05) is 38.3 Å². The van der Waals surface area contributed by atoms with Crippen LogP contribution < -0.4 is 9.64 Å². The standard InChI is InChI=1S/C19H20N6O4S/c1-24-12-21-16-17(24)22-19(23-18(16)25-5-7-29-8-6-25)30(26,27)11-13-3-4-15(28-2)14(9-13)10-20/h3-4,9,12H,5-8,11H2,1-2H3. The van der Waals surface area contributed by atoms with Crippen LogP contribution in [0.5, 0.6) is 5.75 Å². The van der Waals surface area contributed by atoms with E-state index in [1.807, 2.05) is 11.0 Å². The average Bonchev–Trinajstić information content (AvgIpc) is 3.14. The van der Waals surface area contributed by atoms with Gasteiger partial charge in [-0.2, -0.15) is 15.2 Å². The van der Waals surface area contributed by atoms with E-state index in [0.29, 0.717) is 54.6 Å². The maximum absolute atomic E-state index is 13.2. The minimum Gasteiger partial charge on any atom is -0.495 e. The second kappa shape index (κ2) is 7.89. The second-order valence-electron chi connectivity index (χ2n) is 6.86. The van der Waals surface area contributed by atoms with Gasteiger partial charge in [0, 0.05) is 20.1 Å². The first kappa shape index (κ1) is 20.1. The van der Waals surface area contributed by atoms with Gasteiger partial charge in [0.1, 0.15) is 11.8 Å². The zero-order valence-electron chi connectivity index (χ0n) is 16.6. The highest BCUT2D eigenvalue weighted by atomic mass is 32.2. The molecule has 1 saturated heterocycles. The summed E-state index contributed by atoms with van der Waals surface area (Å²) in [7, 11) is -0.667. The van der Waals surface area contributed by atoms with E-state index < -0.39 is 9.84 Å². The summed E-state index contributed by atoms with van der Waals surface area (Å²) in [6, 6.07) is 6.70. The summed E-state index contributed by atoms with van der Waals surface area (Å²) in [6.45, 7) is 2.24. The summed E-state index contributed by atoms with van der Waals surface area (Å²) in [5.74, 6) is 0.535. The lowest BCUT2D eigenvalue weighted by atomic mass is 10.1. The smallest absolute Gasteiger partial charge is 0.251 e. The van der Waals surface area contributed by atoms with E-state index in [9.17, 15) is 13.7 Å². The molecule has 3 aromatic rings. The van der Waals surface area contributed by atoms with E-state index in [0.717, 1.165) is 0 Å². The highest BCUT2D eigenvalue weighted by molar-refractivity contribution is 7.90. The topological polar surface area (TPSA) is 123 Å². The Morgan fingerprint density at radius 1 is 1.27 bits per heavy atom. The Morgan fingerprint density at radius 3 is 2.73 bits per heavy atom. The van der Waals surface area contributed by atoms with E-state index in [1.165, 1.54) is 13.2 Å². The summed E-state index contributed by atoms with van der Waals surface area (Å²) >= 11 is 0. The fourth-order valence-corrected chi connectivity index (χ4v) is 4.52. The molecule has 1 aromatic carbocycles. The zero-order chi connectivity index (χ0) is 21.3. The molecule has 0 atom stereocenters. The van der Waals surface area contributed by atoms with Crippen LogP contribution in [0, 0.1) is 11.3 Å². The van der Waals surface area contributed by atoms with Crippen molar-refractivity contribution < 1.29 is 17.9 Å². The third kappa shape index (κ3) is 3.67. The summed E-state index contributed by atoms with van der Waals surface area (Å²) < 4.78 is 38.5. The van der Waals surface area contributed by atoms with Crippen LogP contribution in [0.3, 0.4) is 0 Å². The molecular formula is C19H20N6O4S. The number of benzene rings is 1. The minimum atomic E-state index is -3.88. The second-order valence-corrected chi connectivity index (χ2v) is 8.75. The van der Waals surface area contributed by atoms with Crippen molar-refractivity contribution in [1.82, 2.24) is 19.5 Å². The van der Waals surface area contributed by atoms with Gasteiger partial charge in [0.25, 0.3) is 5.16 Å². The average molecular weight is 428 g/mol. The largest absolute Gasteiger partial charge is 0.495 e. The SMILES string of the molecule is COc1ccc(CS(=O)(=O)c2nc(N3CCOCC3)c3ncn(C)c3n2)cc1C#N. The first-order valence-corrected chi connectivity index (χ1v) is 10.9. The van der Waals surface area contributed by atoms with E-state index in [-0.39, 0.29) is 16.5 Å². The van der Waals surface area contributed by atoms with Gasteiger partial charge in [-0.1, -0.05) is 6.07 Å². The molecule has 30 heavy (non-hydrogen) atoms. The van der Waals surface area contributed by atoms with Crippen LogP contribution in [-0.2, 0) is 27.4 Å². The van der Waals surface area contributed by atoms with Crippen LogP contribution in [0.4, 0.5) is 5.82 Å². The van der Waals surface area contributed by atoms with Crippen molar-refractivity contribution >= 4 is 26.8 Å². The molecule has 0 saturated carbocycles. The summed E-state index contributed by atoms with van der Waals surface area (Å²) in [5.41, 5.74) is 1.71. The van der Waals surface area contributed by atoms with Crippen LogP contribution in [-0.4, -0.2) is 61.3 Å². The highest BCUT2D eigenvalue weighted by Gasteiger charge is 2.26. The lowest BCUT2D eigenvalue weighted by Crippen LogP contribution is -2.37. The Hall–Kier alpha value is -3.23. The molecule has 1 aliphatic rings. The number of aryl methyl sites for hydroxylation is 1. The molecule has 1 fully saturated rings. The number of rotatable bonds is 5. The molecule has 2 aromatic heterocycles. The number of imidazole rings is 1. The number of anilines is 1. The van der Waals surface area contributed by atoms with Crippen molar-refractivity contribution in [1.29, 1.82) is 5.26 Å².